The molecule has 1 rings (SSSR count). The van der Waals surface area contributed by atoms with Gasteiger partial charge >= 0.3 is 7.12 Å². The van der Waals surface area contributed by atoms with Crippen molar-refractivity contribution in [3.8, 4) is 0 Å². The molecule has 0 aliphatic heterocycles. The molecular formula is C5H8BNO2S. The van der Waals surface area contributed by atoms with Crippen molar-refractivity contribution in [1.29, 1.82) is 0 Å². The molecule has 4 N–H and O–H groups in total. The molecule has 0 unspecified atom stereocenters. The molecule has 0 aliphatic carbocycles. The Kier molecular flexibility index (Phi) is 1.98. The predicted molar refractivity (Wildman–Crippen MR) is 43.3 cm³/mol. The van der Waals surface area contributed by atoms with Crippen molar-refractivity contribution in [2.75, 3.05) is 5.73 Å². The molecule has 5 heteroatoms. The van der Waals surface area contributed by atoms with Crippen LogP contribution >= 0.6 is 11.3 Å². The first kappa shape index (κ1) is 7.59. The molecule has 3 nitrogen and oxygen atoms in total. The van der Waals surface area contributed by atoms with E-state index >= 15 is 0 Å². The number of nitrogens with two attached hydrogens (primary N) is 1. The molecule has 0 saturated carbocycles. The van der Waals surface area contributed by atoms with Crippen molar-refractivity contribution in [1.82, 2.24) is 0 Å². The van der Waals surface area contributed by atoms with Crippen molar-refractivity contribution in [2.24, 2.45) is 0 Å². The first-order valence-corrected chi connectivity index (χ1v) is 3.70. The highest BCUT2D eigenvalue weighted by atomic mass is 32.1. The SMILES string of the molecule is Cc1c(B(O)O)csc1N. The fraction of sp³-hybridized carbons (Fsp3) is 0.200. The monoisotopic (exact) mass is 157 g/mol. The molecule has 0 saturated heterocycles. The van der Waals surface area contributed by atoms with E-state index in [1.165, 1.54) is 11.3 Å². The van der Waals surface area contributed by atoms with Crippen LogP contribution in [0.4, 0.5) is 5.00 Å². The van der Waals surface area contributed by atoms with Gasteiger partial charge in [-0.3, -0.25) is 0 Å². The van der Waals surface area contributed by atoms with Crippen LogP contribution in [0.5, 0.6) is 0 Å². The molecule has 10 heavy (non-hydrogen) atoms. The van der Waals surface area contributed by atoms with Gasteiger partial charge in [0.25, 0.3) is 0 Å². The average molecular weight is 157 g/mol. The molecular weight excluding hydrogens is 149 g/mol. The number of hydrogen-bond donors (Lipinski definition) is 3. The molecule has 0 spiro atoms. The second-order valence-electron chi connectivity index (χ2n) is 2.05. The topological polar surface area (TPSA) is 66.5 Å². The minimum Gasteiger partial charge on any atom is -0.423 e. The normalized spacial score (nSPS) is 9.90. The Bertz CT molecular complexity index is 236. The third-order valence-electron chi connectivity index (χ3n) is 1.39. The second-order valence-corrected chi connectivity index (χ2v) is 2.97. The average Bonchev–Trinajstić information content (AvgIpc) is 2.14. The van der Waals surface area contributed by atoms with Crippen molar-refractivity contribution in [2.45, 2.75) is 6.92 Å². The molecule has 1 aromatic heterocycles. The van der Waals surface area contributed by atoms with Gasteiger partial charge in [-0.05, 0) is 23.3 Å². The Hall–Kier alpha value is -0.515. The molecule has 0 radical (unpaired) electrons. The Morgan fingerprint density at radius 1 is 1.60 bits per heavy atom. The maximum Gasteiger partial charge on any atom is 0.489 e. The fourth-order valence-electron chi connectivity index (χ4n) is 0.701. The Morgan fingerprint density at radius 3 is 2.40 bits per heavy atom. The first-order chi connectivity index (χ1) is 4.63. The van der Waals surface area contributed by atoms with Crippen molar-refractivity contribution < 1.29 is 10.0 Å². The highest BCUT2D eigenvalue weighted by Gasteiger charge is 2.16. The van der Waals surface area contributed by atoms with E-state index in [2.05, 4.69) is 0 Å². The van der Waals surface area contributed by atoms with E-state index in [-0.39, 0.29) is 0 Å². The number of nitrogen functional groups attached to an aromatic ring is 1. The zero-order chi connectivity index (χ0) is 7.72. The molecule has 0 fully saturated rings. The first-order valence-electron chi connectivity index (χ1n) is 2.82. The van der Waals surface area contributed by atoms with Gasteiger partial charge in [0.15, 0.2) is 0 Å². The van der Waals surface area contributed by atoms with Gasteiger partial charge in [-0.15, -0.1) is 11.3 Å². The second kappa shape index (κ2) is 2.61. The van der Waals surface area contributed by atoms with E-state index in [9.17, 15) is 0 Å². The summed E-state index contributed by atoms with van der Waals surface area (Å²) in [4.78, 5) is 0. The van der Waals surface area contributed by atoms with Crippen LogP contribution in [-0.4, -0.2) is 17.2 Å². The van der Waals surface area contributed by atoms with Crippen LogP contribution in [0.2, 0.25) is 0 Å². The summed E-state index contributed by atoms with van der Waals surface area (Å²) in [5.41, 5.74) is 6.74. The van der Waals surface area contributed by atoms with Gasteiger partial charge in [-0.2, -0.15) is 0 Å². The molecule has 1 aromatic rings. The van der Waals surface area contributed by atoms with E-state index < -0.39 is 7.12 Å². The number of anilines is 1. The largest absolute Gasteiger partial charge is 0.489 e. The van der Waals surface area contributed by atoms with Gasteiger partial charge in [0.1, 0.15) is 0 Å². The lowest BCUT2D eigenvalue weighted by atomic mass is 9.80. The molecule has 0 aliphatic rings. The summed E-state index contributed by atoms with van der Waals surface area (Å²) in [6.45, 7) is 1.76. The van der Waals surface area contributed by atoms with E-state index in [0.717, 1.165) is 5.56 Å². The molecule has 1 heterocycles. The van der Waals surface area contributed by atoms with Gasteiger partial charge < -0.3 is 15.8 Å². The summed E-state index contributed by atoms with van der Waals surface area (Å²) >= 11 is 1.32. The van der Waals surface area contributed by atoms with E-state index in [1.807, 2.05) is 0 Å². The third-order valence-corrected chi connectivity index (χ3v) is 2.33. The maximum absolute atomic E-state index is 8.72. The molecule has 0 aromatic carbocycles. The lowest BCUT2D eigenvalue weighted by Gasteiger charge is -1.95. The van der Waals surface area contributed by atoms with E-state index in [4.69, 9.17) is 15.8 Å². The molecule has 0 amide bonds. The van der Waals surface area contributed by atoms with Crippen LogP contribution in [0.1, 0.15) is 5.56 Å². The van der Waals surface area contributed by atoms with E-state index in [0.29, 0.717) is 10.5 Å². The fourth-order valence-corrected chi connectivity index (χ4v) is 1.55. The lowest BCUT2D eigenvalue weighted by molar-refractivity contribution is 0.425. The molecule has 0 atom stereocenters. The van der Waals surface area contributed by atoms with Gasteiger partial charge in [-0.1, -0.05) is 0 Å². The quantitative estimate of drug-likeness (QED) is 0.473. The van der Waals surface area contributed by atoms with Gasteiger partial charge in [0, 0.05) is 0 Å². The third kappa shape index (κ3) is 1.16. The van der Waals surface area contributed by atoms with Crippen LogP contribution in [0.25, 0.3) is 0 Å². The smallest absolute Gasteiger partial charge is 0.423 e. The van der Waals surface area contributed by atoms with Crippen LogP contribution in [0, 0.1) is 6.92 Å². The number of thiophene rings is 1. The van der Waals surface area contributed by atoms with Crippen LogP contribution in [-0.2, 0) is 0 Å². The van der Waals surface area contributed by atoms with E-state index in [1.54, 1.807) is 12.3 Å². The van der Waals surface area contributed by atoms with Gasteiger partial charge in [0.05, 0.1) is 5.00 Å². The Balaban J connectivity index is 3.05. The van der Waals surface area contributed by atoms with Gasteiger partial charge in [-0.25, -0.2) is 0 Å². The number of hydrogen-bond acceptors (Lipinski definition) is 4. The summed E-state index contributed by atoms with van der Waals surface area (Å²) in [6.07, 6.45) is 0. The minimum absolute atomic E-state index is 0.502. The highest BCUT2D eigenvalue weighted by molar-refractivity contribution is 7.15. The summed E-state index contributed by atoms with van der Waals surface area (Å²) < 4.78 is 0. The summed E-state index contributed by atoms with van der Waals surface area (Å²) in [7, 11) is -1.39. The Labute approximate surface area is 63.3 Å². The Morgan fingerprint density at radius 2 is 2.20 bits per heavy atom. The number of rotatable bonds is 1. The molecule has 54 valence electrons. The van der Waals surface area contributed by atoms with Crippen molar-refractivity contribution in [3.63, 3.8) is 0 Å². The van der Waals surface area contributed by atoms with Crippen LogP contribution in [0.15, 0.2) is 5.38 Å². The predicted octanol–water partition coefficient (Wildman–Crippen LogP) is -0.681. The highest BCUT2D eigenvalue weighted by Crippen LogP contribution is 2.15. The standard InChI is InChI=1S/C5H8BNO2S/c1-3-4(6(8)9)2-10-5(3)7/h2,8-9H,7H2,1H3. The van der Waals surface area contributed by atoms with Crippen molar-refractivity contribution >= 4 is 28.9 Å². The van der Waals surface area contributed by atoms with Crippen LogP contribution in [0.3, 0.4) is 0 Å². The van der Waals surface area contributed by atoms with Gasteiger partial charge in [0.2, 0.25) is 0 Å². The zero-order valence-electron chi connectivity index (χ0n) is 5.53. The van der Waals surface area contributed by atoms with Crippen LogP contribution < -0.4 is 11.2 Å². The van der Waals surface area contributed by atoms with Crippen molar-refractivity contribution in [3.05, 3.63) is 10.9 Å². The lowest BCUT2D eigenvalue weighted by Crippen LogP contribution is -2.30. The summed E-state index contributed by atoms with van der Waals surface area (Å²) in [5.74, 6) is 0. The summed E-state index contributed by atoms with van der Waals surface area (Å²) in [6, 6.07) is 0. The summed E-state index contributed by atoms with van der Waals surface area (Å²) in [5, 5.41) is 19.7. The molecule has 0 bridgehead atoms. The zero-order valence-corrected chi connectivity index (χ0v) is 6.35. The maximum atomic E-state index is 8.72. The minimum atomic E-state index is -1.39.